The number of rotatable bonds is 6. The van der Waals surface area contributed by atoms with Crippen molar-refractivity contribution in [2.45, 2.75) is 13.2 Å². The molecule has 3 rings (SSSR count). The number of hydrogen-bond donors (Lipinski definition) is 1. The van der Waals surface area contributed by atoms with E-state index in [2.05, 4.69) is 21.2 Å². The van der Waals surface area contributed by atoms with Gasteiger partial charge in [0.25, 0.3) is 0 Å². The fraction of sp³-hybridized carbons (Fsp3) is 0.100. The van der Waals surface area contributed by atoms with E-state index in [-0.39, 0.29) is 5.82 Å². The van der Waals surface area contributed by atoms with Gasteiger partial charge in [-0.25, -0.2) is 4.39 Å². The van der Waals surface area contributed by atoms with E-state index in [9.17, 15) is 4.39 Å². The molecule has 0 fully saturated rings. The average molecular weight is 455 g/mol. The number of halogens is 4. The normalized spacial score (nSPS) is 10.6. The highest BCUT2D eigenvalue weighted by Gasteiger charge is 2.05. The van der Waals surface area contributed by atoms with Gasteiger partial charge in [0.15, 0.2) is 0 Å². The van der Waals surface area contributed by atoms with Crippen molar-refractivity contribution in [3.05, 3.63) is 92.1 Å². The molecule has 6 heteroatoms. The molecule has 2 nitrogen and oxygen atoms in total. The third-order valence-electron chi connectivity index (χ3n) is 3.72. The zero-order valence-corrected chi connectivity index (χ0v) is 16.7. The highest BCUT2D eigenvalue weighted by atomic mass is 79.9. The summed E-state index contributed by atoms with van der Waals surface area (Å²) in [6.07, 6.45) is 0. The first-order chi connectivity index (χ1) is 12.5. The second kappa shape index (κ2) is 8.76. The van der Waals surface area contributed by atoms with Crippen LogP contribution < -0.4 is 10.1 Å². The van der Waals surface area contributed by atoms with Crippen molar-refractivity contribution in [2.75, 3.05) is 5.32 Å². The zero-order chi connectivity index (χ0) is 18.5. The molecule has 0 aliphatic heterocycles. The Hall–Kier alpha value is -1.75. The second-order valence-corrected chi connectivity index (χ2v) is 7.36. The summed E-state index contributed by atoms with van der Waals surface area (Å²) < 4.78 is 19.6. The van der Waals surface area contributed by atoms with Gasteiger partial charge in [0.1, 0.15) is 18.2 Å². The van der Waals surface area contributed by atoms with Gasteiger partial charge >= 0.3 is 0 Å². The standard InChI is InChI=1S/C20H15BrCl2FNO/c21-17-9-14(11-25-19-7-4-15(22)10-18(19)23)3-8-20(17)26-12-13-1-5-16(24)6-2-13/h1-10,25H,11-12H2. The van der Waals surface area contributed by atoms with E-state index in [4.69, 9.17) is 27.9 Å². The van der Waals surface area contributed by atoms with Crippen molar-refractivity contribution < 1.29 is 9.13 Å². The third kappa shape index (κ3) is 5.13. The molecular formula is C20H15BrCl2FNO. The lowest BCUT2D eigenvalue weighted by Crippen LogP contribution is -2.01. The molecule has 0 heterocycles. The Bertz CT molecular complexity index is 903. The Morgan fingerprint density at radius 3 is 2.35 bits per heavy atom. The summed E-state index contributed by atoms with van der Waals surface area (Å²) in [5.74, 6) is 0.468. The van der Waals surface area contributed by atoms with Gasteiger partial charge in [-0.1, -0.05) is 41.4 Å². The summed E-state index contributed by atoms with van der Waals surface area (Å²) in [5.41, 5.74) is 2.79. The molecule has 0 aliphatic rings. The van der Waals surface area contributed by atoms with Gasteiger partial charge in [-0.3, -0.25) is 0 Å². The molecule has 134 valence electrons. The molecule has 0 aromatic heterocycles. The van der Waals surface area contributed by atoms with Gasteiger partial charge in [-0.15, -0.1) is 0 Å². The highest BCUT2D eigenvalue weighted by molar-refractivity contribution is 9.10. The first kappa shape index (κ1) is 19.0. The van der Waals surface area contributed by atoms with Crippen LogP contribution in [0.4, 0.5) is 10.1 Å². The first-order valence-electron chi connectivity index (χ1n) is 7.86. The van der Waals surface area contributed by atoms with Crippen molar-refractivity contribution in [1.29, 1.82) is 0 Å². The third-order valence-corrected chi connectivity index (χ3v) is 4.89. The summed E-state index contributed by atoms with van der Waals surface area (Å²) in [4.78, 5) is 0. The summed E-state index contributed by atoms with van der Waals surface area (Å²) in [6, 6.07) is 17.4. The predicted octanol–water partition coefficient (Wildman–Crippen LogP) is 7.09. The number of ether oxygens (including phenoxy) is 1. The van der Waals surface area contributed by atoms with Crippen molar-refractivity contribution in [2.24, 2.45) is 0 Å². The highest BCUT2D eigenvalue weighted by Crippen LogP contribution is 2.29. The van der Waals surface area contributed by atoms with E-state index >= 15 is 0 Å². The Kier molecular flexibility index (Phi) is 6.41. The molecule has 0 unspecified atom stereocenters. The molecule has 1 N–H and O–H groups in total. The first-order valence-corrected chi connectivity index (χ1v) is 9.41. The molecule has 3 aromatic carbocycles. The number of benzene rings is 3. The van der Waals surface area contributed by atoms with Crippen LogP contribution in [0.15, 0.2) is 65.1 Å². The topological polar surface area (TPSA) is 21.3 Å². The minimum Gasteiger partial charge on any atom is -0.488 e. The maximum atomic E-state index is 12.9. The van der Waals surface area contributed by atoms with Gasteiger partial charge in [0, 0.05) is 11.6 Å². The molecule has 0 bridgehead atoms. The van der Waals surface area contributed by atoms with Crippen molar-refractivity contribution in [3.8, 4) is 5.75 Å². The number of anilines is 1. The Morgan fingerprint density at radius 1 is 0.923 bits per heavy atom. The summed E-state index contributed by atoms with van der Waals surface area (Å²) in [5, 5.41) is 4.46. The van der Waals surface area contributed by atoms with Gasteiger partial charge in [-0.05, 0) is 69.5 Å². The van der Waals surface area contributed by atoms with E-state index in [0.717, 1.165) is 27.0 Å². The van der Waals surface area contributed by atoms with Crippen LogP contribution in [0.5, 0.6) is 5.75 Å². The van der Waals surface area contributed by atoms with Crippen LogP contribution in [0.25, 0.3) is 0 Å². The van der Waals surface area contributed by atoms with Gasteiger partial charge in [0.2, 0.25) is 0 Å². The summed E-state index contributed by atoms with van der Waals surface area (Å²) in [7, 11) is 0. The van der Waals surface area contributed by atoms with Crippen LogP contribution in [-0.4, -0.2) is 0 Å². The van der Waals surface area contributed by atoms with Crippen LogP contribution >= 0.6 is 39.1 Å². The lowest BCUT2D eigenvalue weighted by atomic mass is 10.2. The number of nitrogens with one attached hydrogen (secondary N) is 1. The Balaban J connectivity index is 1.60. The fourth-order valence-corrected chi connectivity index (χ4v) is 3.36. The maximum Gasteiger partial charge on any atom is 0.134 e. The van der Waals surface area contributed by atoms with Crippen LogP contribution in [0.3, 0.4) is 0 Å². The lowest BCUT2D eigenvalue weighted by molar-refractivity contribution is 0.304. The Labute approximate surface area is 170 Å². The quantitative estimate of drug-likeness (QED) is 0.429. The molecule has 26 heavy (non-hydrogen) atoms. The smallest absolute Gasteiger partial charge is 0.134 e. The van der Waals surface area contributed by atoms with Crippen LogP contribution in [0.1, 0.15) is 11.1 Å². The molecule has 0 spiro atoms. The van der Waals surface area contributed by atoms with E-state index < -0.39 is 0 Å². The summed E-state index contributed by atoms with van der Waals surface area (Å²) in [6.45, 7) is 0.981. The van der Waals surface area contributed by atoms with Gasteiger partial charge in [-0.2, -0.15) is 0 Å². The molecule has 0 saturated heterocycles. The molecule has 0 radical (unpaired) electrons. The van der Waals surface area contributed by atoms with Gasteiger partial charge in [0.05, 0.1) is 15.2 Å². The minimum atomic E-state index is -0.257. The molecular weight excluding hydrogens is 440 g/mol. The molecule has 0 saturated carbocycles. The van der Waals surface area contributed by atoms with E-state index in [0.29, 0.717) is 23.2 Å². The van der Waals surface area contributed by atoms with Crippen LogP contribution in [0, 0.1) is 5.82 Å². The number of hydrogen-bond acceptors (Lipinski definition) is 2. The maximum absolute atomic E-state index is 12.9. The molecule has 3 aromatic rings. The lowest BCUT2D eigenvalue weighted by Gasteiger charge is -2.12. The minimum absolute atomic E-state index is 0.257. The monoisotopic (exact) mass is 453 g/mol. The molecule has 0 aliphatic carbocycles. The largest absolute Gasteiger partial charge is 0.488 e. The summed E-state index contributed by atoms with van der Waals surface area (Å²) >= 11 is 15.6. The van der Waals surface area contributed by atoms with Crippen molar-refractivity contribution in [1.82, 2.24) is 0 Å². The van der Waals surface area contributed by atoms with E-state index in [1.807, 2.05) is 24.3 Å². The predicted molar refractivity (Wildman–Crippen MR) is 109 cm³/mol. The SMILES string of the molecule is Fc1ccc(COc2ccc(CNc3ccc(Cl)cc3Cl)cc2Br)cc1. The van der Waals surface area contributed by atoms with Crippen molar-refractivity contribution >= 4 is 44.8 Å². The zero-order valence-electron chi connectivity index (χ0n) is 13.6. The second-order valence-electron chi connectivity index (χ2n) is 5.66. The Morgan fingerprint density at radius 2 is 1.65 bits per heavy atom. The van der Waals surface area contributed by atoms with E-state index in [1.165, 1.54) is 12.1 Å². The molecule has 0 amide bonds. The van der Waals surface area contributed by atoms with E-state index in [1.54, 1.807) is 24.3 Å². The van der Waals surface area contributed by atoms with Gasteiger partial charge < -0.3 is 10.1 Å². The van der Waals surface area contributed by atoms with Crippen molar-refractivity contribution in [3.63, 3.8) is 0 Å². The average Bonchev–Trinajstić information content (AvgIpc) is 2.61. The molecule has 0 atom stereocenters. The van der Waals surface area contributed by atoms with Crippen LogP contribution in [-0.2, 0) is 13.2 Å². The van der Waals surface area contributed by atoms with Crippen LogP contribution in [0.2, 0.25) is 10.0 Å². The fourth-order valence-electron chi connectivity index (χ4n) is 2.34.